The van der Waals surface area contributed by atoms with Crippen LogP contribution in [-0.2, 0) is 13.0 Å². The lowest BCUT2D eigenvalue weighted by Crippen LogP contribution is -2.23. The van der Waals surface area contributed by atoms with Gasteiger partial charge in [0, 0.05) is 11.6 Å². The molecule has 1 aromatic carbocycles. The van der Waals surface area contributed by atoms with Crippen molar-refractivity contribution >= 4 is 18.3 Å². The minimum Gasteiger partial charge on any atom is -0.496 e. The van der Waals surface area contributed by atoms with Gasteiger partial charge in [-0.25, -0.2) is 0 Å². The molecule has 0 saturated carbocycles. The fourth-order valence-corrected chi connectivity index (χ4v) is 3.05. The van der Waals surface area contributed by atoms with Gasteiger partial charge in [0.1, 0.15) is 17.2 Å². The van der Waals surface area contributed by atoms with E-state index in [2.05, 4.69) is 15.8 Å². The highest BCUT2D eigenvalue weighted by Gasteiger charge is 2.18. The van der Waals surface area contributed by atoms with E-state index in [0.29, 0.717) is 23.7 Å². The van der Waals surface area contributed by atoms with E-state index in [1.54, 1.807) is 13.2 Å². The number of ether oxygens (including phenoxy) is 1. The summed E-state index contributed by atoms with van der Waals surface area (Å²) in [6, 6.07) is 7.40. The lowest BCUT2D eigenvalue weighted by atomic mass is 9.96. The first-order valence-corrected chi connectivity index (χ1v) is 8.23. The molecule has 1 unspecified atom stereocenters. The zero-order valence-electron chi connectivity index (χ0n) is 14.5. The van der Waals surface area contributed by atoms with Gasteiger partial charge in [0.15, 0.2) is 0 Å². The van der Waals surface area contributed by atoms with Crippen LogP contribution in [0.1, 0.15) is 33.8 Å². The molecule has 0 spiro atoms. The number of hydrogen-bond donors (Lipinski definition) is 2. The average molecular weight is 366 g/mol. The predicted octanol–water partition coefficient (Wildman–Crippen LogP) is 2.50. The molecule has 2 heterocycles. The summed E-state index contributed by atoms with van der Waals surface area (Å²) in [7, 11) is 1.67. The van der Waals surface area contributed by atoms with Gasteiger partial charge in [-0.3, -0.25) is 4.79 Å². The van der Waals surface area contributed by atoms with E-state index in [1.165, 1.54) is 0 Å². The highest BCUT2D eigenvalue weighted by Crippen LogP contribution is 2.25. The Morgan fingerprint density at radius 1 is 1.44 bits per heavy atom. The van der Waals surface area contributed by atoms with Crippen LogP contribution < -0.4 is 15.4 Å². The first kappa shape index (κ1) is 19.3. The Balaban J connectivity index is 0.00000225. The molecule has 0 bridgehead atoms. The monoisotopic (exact) mass is 365 g/mol. The number of aryl methyl sites for hydroxylation is 1. The van der Waals surface area contributed by atoms with Gasteiger partial charge in [0.2, 0.25) is 0 Å². The Kier molecular flexibility index (Phi) is 6.84. The lowest BCUT2D eigenvalue weighted by Gasteiger charge is -2.14. The molecule has 1 aliphatic heterocycles. The number of amides is 1. The van der Waals surface area contributed by atoms with Crippen LogP contribution in [0, 0.1) is 12.8 Å². The topological polar surface area (TPSA) is 76.4 Å². The molecule has 3 rings (SSSR count). The molecule has 2 N–H and O–H groups in total. The summed E-state index contributed by atoms with van der Waals surface area (Å²) in [5.41, 5.74) is 2.43. The van der Waals surface area contributed by atoms with Crippen molar-refractivity contribution in [1.82, 2.24) is 15.8 Å². The summed E-state index contributed by atoms with van der Waals surface area (Å²) in [5, 5.41) is 10.1. The molecule has 1 atom stereocenters. The van der Waals surface area contributed by atoms with Crippen molar-refractivity contribution in [2.24, 2.45) is 5.92 Å². The Morgan fingerprint density at radius 2 is 2.28 bits per heavy atom. The zero-order chi connectivity index (χ0) is 16.9. The standard InChI is InChI=1S/C18H23N3O3.ClH/c1-12-7-16(21-24-12)11-20-18(22)14-3-4-17(23-2)15(9-14)8-13-5-6-19-10-13;/h3-4,7,9,13,19H,5-6,8,10-11H2,1-2H3,(H,20,22);1H. The zero-order valence-corrected chi connectivity index (χ0v) is 15.3. The van der Waals surface area contributed by atoms with Crippen molar-refractivity contribution in [2.45, 2.75) is 26.3 Å². The van der Waals surface area contributed by atoms with Gasteiger partial charge in [-0.05, 0) is 62.5 Å². The number of nitrogens with zero attached hydrogens (tertiary/aromatic N) is 1. The van der Waals surface area contributed by atoms with E-state index in [1.807, 2.05) is 25.1 Å². The molecule has 1 aliphatic rings. The smallest absolute Gasteiger partial charge is 0.251 e. The summed E-state index contributed by atoms with van der Waals surface area (Å²) in [6.07, 6.45) is 2.07. The molecular formula is C18H24ClN3O3. The quantitative estimate of drug-likeness (QED) is 0.822. The van der Waals surface area contributed by atoms with Crippen LogP contribution in [0.15, 0.2) is 28.8 Å². The van der Waals surface area contributed by atoms with E-state index < -0.39 is 0 Å². The summed E-state index contributed by atoms with van der Waals surface area (Å²) >= 11 is 0. The van der Waals surface area contributed by atoms with Crippen LogP contribution in [0.3, 0.4) is 0 Å². The number of methoxy groups -OCH3 is 1. The van der Waals surface area contributed by atoms with Gasteiger partial charge in [-0.1, -0.05) is 5.16 Å². The molecule has 0 radical (unpaired) electrons. The summed E-state index contributed by atoms with van der Waals surface area (Å²) in [6.45, 7) is 4.26. The van der Waals surface area contributed by atoms with Crippen LogP contribution >= 0.6 is 12.4 Å². The second-order valence-corrected chi connectivity index (χ2v) is 6.20. The third kappa shape index (κ3) is 4.96. The van der Waals surface area contributed by atoms with Crippen molar-refractivity contribution in [3.8, 4) is 5.75 Å². The second kappa shape index (κ2) is 8.87. The van der Waals surface area contributed by atoms with Gasteiger partial charge in [-0.2, -0.15) is 0 Å². The number of aromatic nitrogens is 1. The van der Waals surface area contributed by atoms with Crippen molar-refractivity contribution < 1.29 is 14.1 Å². The summed E-state index contributed by atoms with van der Waals surface area (Å²) < 4.78 is 10.5. The molecule has 1 aromatic heterocycles. The number of carbonyl (C=O) groups is 1. The number of nitrogens with one attached hydrogen (secondary N) is 2. The highest BCUT2D eigenvalue weighted by atomic mass is 35.5. The van der Waals surface area contributed by atoms with E-state index in [4.69, 9.17) is 9.26 Å². The Morgan fingerprint density at radius 3 is 2.92 bits per heavy atom. The second-order valence-electron chi connectivity index (χ2n) is 6.20. The number of carbonyl (C=O) groups excluding carboxylic acids is 1. The SMILES string of the molecule is COc1ccc(C(=O)NCc2cc(C)on2)cc1CC1CCNC1.Cl. The molecule has 1 saturated heterocycles. The predicted molar refractivity (Wildman–Crippen MR) is 97.3 cm³/mol. The Labute approximate surface area is 153 Å². The Hall–Kier alpha value is -2.05. The van der Waals surface area contributed by atoms with Gasteiger partial charge < -0.3 is 19.9 Å². The molecule has 6 nitrogen and oxygen atoms in total. The number of rotatable bonds is 6. The van der Waals surface area contributed by atoms with Crippen LogP contribution in [-0.4, -0.2) is 31.3 Å². The maximum absolute atomic E-state index is 12.4. The average Bonchev–Trinajstić information content (AvgIpc) is 3.24. The largest absolute Gasteiger partial charge is 0.496 e. The first-order chi connectivity index (χ1) is 11.7. The summed E-state index contributed by atoms with van der Waals surface area (Å²) in [4.78, 5) is 12.4. The molecule has 1 amide bonds. The summed E-state index contributed by atoms with van der Waals surface area (Å²) in [5.74, 6) is 2.04. The molecular weight excluding hydrogens is 342 g/mol. The van der Waals surface area contributed by atoms with E-state index in [9.17, 15) is 4.79 Å². The van der Waals surface area contributed by atoms with Crippen LogP contribution in [0.4, 0.5) is 0 Å². The number of halogens is 1. The van der Waals surface area contributed by atoms with Crippen molar-refractivity contribution in [3.63, 3.8) is 0 Å². The van der Waals surface area contributed by atoms with Gasteiger partial charge in [-0.15, -0.1) is 12.4 Å². The van der Waals surface area contributed by atoms with Gasteiger partial charge in [0.25, 0.3) is 5.91 Å². The molecule has 25 heavy (non-hydrogen) atoms. The fraction of sp³-hybridized carbons (Fsp3) is 0.444. The molecule has 7 heteroatoms. The van der Waals surface area contributed by atoms with E-state index in [-0.39, 0.29) is 18.3 Å². The minimum absolute atomic E-state index is 0. The number of benzene rings is 1. The van der Waals surface area contributed by atoms with Gasteiger partial charge >= 0.3 is 0 Å². The lowest BCUT2D eigenvalue weighted by molar-refractivity contribution is 0.0950. The molecule has 0 aliphatic carbocycles. The maximum Gasteiger partial charge on any atom is 0.251 e. The van der Waals surface area contributed by atoms with Crippen LogP contribution in [0.5, 0.6) is 5.75 Å². The maximum atomic E-state index is 12.4. The molecule has 1 fully saturated rings. The highest BCUT2D eigenvalue weighted by molar-refractivity contribution is 5.94. The van der Waals surface area contributed by atoms with E-state index in [0.717, 1.165) is 43.0 Å². The van der Waals surface area contributed by atoms with E-state index >= 15 is 0 Å². The van der Waals surface area contributed by atoms with Crippen LogP contribution in [0.2, 0.25) is 0 Å². The first-order valence-electron chi connectivity index (χ1n) is 8.23. The molecule has 2 aromatic rings. The van der Waals surface area contributed by atoms with Crippen molar-refractivity contribution in [2.75, 3.05) is 20.2 Å². The third-order valence-electron chi connectivity index (χ3n) is 4.32. The normalized spacial score (nSPS) is 16.3. The molecule has 136 valence electrons. The van der Waals surface area contributed by atoms with Gasteiger partial charge in [0.05, 0.1) is 13.7 Å². The van der Waals surface area contributed by atoms with Crippen molar-refractivity contribution in [3.05, 3.63) is 46.8 Å². The Bertz CT molecular complexity index is 711. The number of hydrogen-bond acceptors (Lipinski definition) is 5. The van der Waals surface area contributed by atoms with Crippen molar-refractivity contribution in [1.29, 1.82) is 0 Å². The van der Waals surface area contributed by atoms with Crippen LogP contribution in [0.25, 0.3) is 0 Å². The minimum atomic E-state index is -0.121. The third-order valence-corrected chi connectivity index (χ3v) is 4.32. The fourth-order valence-electron chi connectivity index (χ4n) is 3.05.